The Kier molecular flexibility index (Phi) is 6.64. The highest BCUT2D eigenvalue weighted by Crippen LogP contribution is 2.34. The Morgan fingerprint density at radius 2 is 1.40 bits per heavy atom. The van der Waals surface area contributed by atoms with Crippen LogP contribution in [0.4, 0.5) is 13.9 Å². The Bertz CT molecular complexity index is 1400. The van der Waals surface area contributed by atoms with Crippen LogP contribution >= 0.6 is 11.3 Å². The van der Waals surface area contributed by atoms with Crippen molar-refractivity contribution >= 4 is 32.6 Å². The molecule has 5 rings (SSSR count). The van der Waals surface area contributed by atoms with Gasteiger partial charge in [-0.3, -0.25) is 9.69 Å². The molecule has 0 bridgehead atoms. The van der Waals surface area contributed by atoms with Gasteiger partial charge in [0, 0.05) is 18.4 Å². The average molecular weight is 485 g/mol. The van der Waals surface area contributed by atoms with Crippen LogP contribution in [0.2, 0.25) is 0 Å². The minimum Gasteiger partial charge on any atom is -0.284 e. The van der Waals surface area contributed by atoms with Gasteiger partial charge >= 0.3 is 0 Å². The summed E-state index contributed by atoms with van der Waals surface area (Å²) in [7, 11) is 0. The predicted octanol–water partition coefficient (Wildman–Crippen LogP) is 7.33. The highest BCUT2D eigenvalue weighted by molar-refractivity contribution is 7.22. The Morgan fingerprint density at radius 1 is 0.829 bits per heavy atom. The lowest BCUT2D eigenvalue weighted by Gasteiger charge is -2.24. The van der Waals surface area contributed by atoms with Crippen molar-refractivity contribution in [1.29, 1.82) is 0 Å². The van der Waals surface area contributed by atoms with Crippen molar-refractivity contribution < 1.29 is 13.6 Å². The number of halogens is 2. The molecule has 0 aliphatic heterocycles. The number of hydrogen-bond donors (Lipinski definition) is 0. The summed E-state index contributed by atoms with van der Waals surface area (Å²) >= 11 is 1.11. The number of carbonyl (C=O) groups excluding carboxylic acids is 1. The zero-order valence-electron chi connectivity index (χ0n) is 18.8. The molecule has 174 valence electrons. The lowest BCUT2D eigenvalue weighted by molar-refractivity contribution is -0.119. The van der Waals surface area contributed by atoms with Gasteiger partial charge in [0.15, 0.2) is 10.9 Å². The molecule has 0 saturated heterocycles. The van der Waals surface area contributed by atoms with Crippen LogP contribution < -0.4 is 4.90 Å². The van der Waals surface area contributed by atoms with Gasteiger partial charge in [0.1, 0.15) is 11.3 Å². The molecule has 5 aromatic rings. The Labute approximate surface area is 206 Å². The van der Waals surface area contributed by atoms with Crippen LogP contribution in [0.1, 0.15) is 29.0 Å². The first kappa shape index (κ1) is 22.9. The molecule has 1 heterocycles. The van der Waals surface area contributed by atoms with E-state index in [1.54, 1.807) is 4.90 Å². The van der Waals surface area contributed by atoms with Gasteiger partial charge in [-0.15, -0.1) is 0 Å². The fraction of sp³-hybridized carbons (Fsp3) is 0.103. The zero-order chi connectivity index (χ0) is 24.2. The van der Waals surface area contributed by atoms with E-state index in [0.29, 0.717) is 9.83 Å². The SMILES string of the molecule is O=C(CC(c1ccccc1)c1ccccc1)N(Cc1ccccc1)c1nc2c(F)cc(F)cc2s1. The number of amides is 1. The van der Waals surface area contributed by atoms with Crippen LogP contribution in [0.3, 0.4) is 0 Å². The average Bonchev–Trinajstić information content (AvgIpc) is 3.31. The number of benzene rings is 4. The number of nitrogens with zero attached hydrogens (tertiary/aromatic N) is 2. The molecule has 3 nitrogen and oxygen atoms in total. The summed E-state index contributed by atoms with van der Waals surface area (Å²) < 4.78 is 28.6. The van der Waals surface area contributed by atoms with Gasteiger partial charge in [-0.25, -0.2) is 13.8 Å². The molecule has 4 aromatic carbocycles. The molecule has 0 atom stereocenters. The number of aromatic nitrogens is 1. The second-order valence-electron chi connectivity index (χ2n) is 8.27. The Morgan fingerprint density at radius 3 is 2.00 bits per heavy atom. The summed E-state index contributed by atoms with van der Waals surface area (Å²) in [6.07, 6.45) is 0.202. The molecule has 0 aliphatic carbocycles. The maximum absolute atomic E-state index is 14.4. The van der Waals surface area contributed by atoms with E-state index in [2.05, 4.69) is 4.98 Å². The van der Waals surface area contributed by atoms with Gasteiger partial charge < -0.3 is 0 Å². The van der Waals surface area contributed by atoms with Crippen molar-refractivity contribution in [1.82, 2.24) is 4.98 Å². The summed E-state index contributed by atoms with van der Waals surface area (Å²) in [4.78, 5) is 19.8. The molecule has 0 radical (unpaired) electrons. The first-order valence-corrected chi connectivity index (χ1v) is 12.1. The lowest BCUT2D eigenvalue weighted by Crippen LogP contribution is -2.31. The van der Waals surface area contributed by atoms with Crippen molar-refractivity contribution in [3.63, 3.8) is 0 Å². The monoisotopic (exact) mass is 484 g/mol. The first-order valence-electron chi connectivity index (χ1n) is 11.3. The molecular weight excluding hydrogens is 462 g/mol. The van der Waals surface area contributed by atoms with Gasteiger partial charge in [-0.05, 0) is 22.8 Å². The van der Waals surface area contributed by atoms with E-state index in [1.165, 1.54) is 6.07 Å². The van der Waals surface area contributed by atoms with Gasteiger partial charge in [-0.2, -0.15) is 0 Å². The summed E-state index contributed by atoms with van der Waals surface area (Å²) in [5, 5.41) is 0.346. The van der Waals surface area contributed by atoms with Crippen molar-refractivity contribution in [2.75, 3.05) is 4.90 Å². The smallest absolute Gasteiger partial charge is 0.230 e. The number of fused-ring (bicyclic) bond motifs is 1. The maximum atomic E-state index is 14.4. The van der Waals surface area contributed by atoms with Crippen molar-refractivity contribution in [3.8, 4) is 0 Å². The number of rotatable bonds is 7. The van der Waals surface area contributed by atoms with E-state index in [0.717, 1.165) is 34.1 Å². The quantitative estimate of drug-likeness (QED) is 0.242. The fourth-order valence-electron chi connectivity index (χ4n) is 4.17. The summed E-state index contributed by atoms with van der Waals surface area (Å²) in [6, 6.07) is 31.5. The number of carbonyl (C=O) groups is 1. The van der Waals surface area contributed by atoms with Crippen LogP contribution in [0.5, 0.6) is 0 Å². The standard InChI is InChI=1S/C29H22F2N2OS/c30-23-16-25(31)28-26(17-23)35-29(32-28)33(19-20-10-4-1-5-11-20)27(34)18-24(21-12-6-2-7-13-21)22-14-8-3-9-15-22/h1-17,24H,18-19H2. The van der Waals surface area contributed by atoms with E-state index in [1.807, 2.05) is 91.0 Å². The van der Waals surface area contributed by atoms with Crippen molar-refractivity contribution in [3.05, 3.63) is 131 Å². The van der Waals surface area contributed by atoms with Gasteiger partial charge in [0.05, 0.1) is 11.2 Å². The highest BCUT2D eigenvalue weighted by atomic mass is 32.1. The Hall–Kier alpha value is -3.90. The highest BCUT2D eigenvalue weighted by Gasteiger charge is 2.26. The van der Waals surface area contributed by atoms with Gasteiger partial charge in [-0.1, -0.05) is 102 Å². The second kappa shape index (κ2) is 10.2. The van der Waals surface area contributed by atoms with E-state index in [4.69, 9.17) is 0 Å². The minimum absolute atomic E-state index is 0.0694. The molecule has 0 saturated carbocycles. The molecule has 1 aromatic heterocycles. The summed E-state index contributed by atoms with van der Waals surface area (Å²) in [5.41, 5.74) is 3.05. The van der Waals surface area contributed by atoms with E-state index >= 15 is 0 Å². The third-order valence-corrected chi connectivity index (χ3v) is 6.93. The second-order valence-corrected chi connectivity index (χ2v) is 9.28. The topological polar surface area (TPSA) is 33.2 Å². The predicted molar refractivity (Wildman–Crippen MR) is 137 cm³/mol. The molecule has 6 heteroatoms. The van der Waals surface area contributed by atoms with E-state index in [9.17, 15) is 13.6 Å². The largest absolute Gasteiger partial charge is 0.284 e. The third kappa shape index (κ3) is 5.12. The molecule has 0 aliphatic rings. The molecule has 1 amide bonds. The number of hydrogen-bond acceptors (Lipinski definition) is 3. The third-order valence-electron chi connectivity index (χ3n) is 5.90. The zero-order valence-corrected chi connectivity index (χ0v) is 19.6. The van der Waals surface area contributed by atoms with Crippen LogP contribution in [-0.2, 0) is 11.3 Å². The van der Waals surface area contributed by atoms with Crippen LogP contribution in [0.15, 0.2) is 103 Å². The van der Waals surface area contributed by atoms with Crippen molar-refractivity contribution in [2.45, 2.75) is 18.9 Å². The molecular formula is C29H22F2N2OS. The van der Waals surface area contributed by atoms with Gasteiger partial charge in [0.25, 0.3) is 0 Å². The maximum Gasteiger partial charge on any atom is 0.230 e. The van der Waals surface area contributed by atoms with Crippen molar-refractivity contribution in [2.24, 2.45) is 0 Å². The molecule has 0 N–H and O–H groups in total. The molecule has 0 spiro atoms. The Balaban J connectivity index is 1.54. The van der Waals surface area contributed by atoms with E-state index in [-0.39, 0.29) is 30.3 Å². The molecule has 0 fully saturated rings. The molecule has 0 unspecified atom stereocenters. The molecule has 35 heavy (non-hydrogen) atoms. The van der Waals surface area contributed by atoms with E-state index < -0.39 is 11.6 Å². The van der Waals surface area contributed by atoms with Crippen LogP contribution in [0.25, 0.3) is 10.2 Å². The number of thiazole rings is 1. The fourth-order valence-corrected chi connectivity index (χ4v) is 5.19. The number of anilines is 1. The normalized spacial score (nSPS) is 11.2. The van der Waals surface area contributed by atoms with Gasteiger partial charge in [0.2, 0.25) is 5.91 Å². The first-order chi connectivity index (χ1) is 17.1. The van der Waals surface area contributed by atoms with Crippen LogP contribution in [0, 0.1) is 11.6 Å². The summed E-state index contributed by atoms with van der Waals surface area (Å²) in [6.45, 7) is 0.278. The summed E-state index contributed by atoms with van der Waals surface area (Å²) in [5.74, 6) is -1.71. The lowest BCUT2D eigenvalue weighted by atomic mass is 9.88. The van der Waals surface area contributed by atoms with Crippen LogP contribution in [-0.4, -0.2) is 10.9 Å². The minimum atomic E-state index is -0.735.